The lowest BCUT2D eigenvalue weighted by molar-refractivity contribution is -0.125. The van der Waals surface area contributed by atoms with E-state index < -0.39 is 0 Å². The Morgan fingerprint density at radius 1 is 1.24 bits per heavy atom. The molecule has 21 heavy (non-hydrogen) atoms. The van der Waals surface area contributed by atoms with E-state index in [0.717, 1.165) is 25.2 Å². The zero-order valence-electron chi connectivity index (χ0n) is 13.7. The lowest BCUT2D eigenvalue weighted by Crippen LogP contribution is -2.38. The van der Waals surface area contributed by atoms with Crippen LogP contribution in [0.4, 0.5) is 0 Å². The minimum atomic E-state index is -0.163. The number of benzene rings is 1. The molecular formula is C17H29N3O. The second-order valence-corrected chi connectivity index (χ2v) is 5.65. The molecule has 0 aliphatic heterocycles. The van der Waals surface area contributed by atoms with Crippen LogP contribution in [-0.2, 0) is 17.9 Å². The molecule has 0 saturated carbocycles. The number of nitrogens with zero attached hydrogens (tertiary/aromatic N) is 1. The second kappa shape index (κ2) is 8.80. The van der Waals surface area contributed by atoms with Crippen LogP contribution in [0.25, 0.3) is 0 Å². The van der Waals surface area contributed by atoms with E-state index in [2.05, 4.69) is 42.3 Å². The number of nitrogens with two attached hydrogens (primary N) is 1. The van der Waals surface area contributed by atoms with Gasteiger partial charge in [-0.25, -0.2) is 0 Å². The van der Waals surface area contributed by atoms with Crippen molar-refractivity contribution in [2.75, 3.05) is 13.1 Å². The number of amides is 1. The molecule has 1 aromatic rings. The summed E-state index contributed by atoms with van der Waals surface area (Å²) in [5.41, 5.74) is 8.16. The van der Waals surface area contributed by atoms with E-state index in [9.17, 15) is 4.79 Å². The van der Waals surface area contributed by atoms with Crippen LogP contribution in [-0.4, -0.2) is 29.9 Å². The molecule has 0 fully saturated rings. The first-order valence-electron chi connectivity index (χ1n) is 7.81. The Morgan fingerprint density at radius 2 is 1.86 bits per heavy atom. The summed E-state index contributed by atoms with van der Waals surface area (Å²) in [7, 11) is 0. The fourth-order valence-electron chi connectivity index (χ4n) is 2.13. The summed E-state index contributed by atoms with van der Waals surface area (Å²) in [6.07, 6.45) is 0. The first-order valence-corrected chi connectivity index (χ1v) is 7.81. The summed E-state index contributed by atoms with van der Waals surface area (Å²) in [6.45, 7) is 11.7. The van der Waals surface area contributed by atoms with Crippen LogP contribution >= 0.6 is 0 Å². The Kier molecular flexibility index (Phi) is 7.40. The molecule has 0 aromatic heterocycles. The normalized spacial score (nSPS) is 14.0. The Hall–Kier alpha value is -1.39. The molecule has 1 amide bonds. The van der Waals surface area contributed by atoms with Crippen LogP contribution in [0.2, 0.25) is 0 Å². The van der Waals surface area contributed by atoms with Gasteiger partial charge in [0.1, 0.15) is 0 Å². The molecule has 2 atom stereocenters. The van der Waals surface area contributed by atoms with Crippen LogP contribution in [0.15, 0.2) is 24.3 Å². The van der Waals surface area contributed by atoms with Crippen molar-refractivity contribution in [2.24, 2.45) is 11.7 Å². The monoisotopic (exact) mass is 291 g/mol. The molecule has 4 nitrogen and oxygen atoms in total. The van der Waals surface area contributed by atoms with E-state index in [4.69, 9.17) is 5.73 Å². The van der Waals surface area contributed by atoms with Gasteiger partial charge in [0.05, 0.1) is 0 Å². The van der Waals surface area contributed by atoms with Gasteiger partial charge in [0.15, 0.2) is 0 Å². The van der Waals surface area contributed by atoms with Crippen LogP contribution in [0, 0.1) is 5.92 Å². The second-order valence-electron chi connectivity index (χ2n) is 5.65. The van der Waals surface area contributed by atoms with Gasteiger partial charge in [-0.05, 0) is 31.1 Å². The van der Waals surface area contributed by atoms with Crippen LogP contribution in [0.3, 0.4) is 0 Å². The smallest absolute Gasteiger partial charge is 0.224 e. The molecule has 0 heterocycles. The van der Waals surface area contributed by atoms with Gasteiger partial charge in [-0.3, -0.25) is 9.69 Å². The topological polar surface area (TPSA) is 58.4 Å². The quantitative estimate of drug-likeness (QED) is 0.771. The molecule has 0 aliphatic carbocycles. The molecule has 0 radical (unpaired) electrons. The maximum atomic E-state index is 11.9. The van der Waals surface area contributed by atoms with Gasteiger partial charge in [0.2, 0.25) is 5.91 Å². The average molecular weight is 291 g/mol. The first kappa shape index (κ1) is 17.7. The van der Waals surface area contributed by atoms with Gasteiger partial charge in [-0.2, -0.15) is 0 Å². The van der Waals surface area contributed by atoms with Crippen molar-refractivity contribution in [3.05, 3.63) is 35.4 Å². The number of hydrogen-bond acceptors (Lipinski definition) is 3. The fourth-order valence-corrected chi connectivity index (χ4v) is 2.13. The summed E-state index contributed by atoms with van der Waals surface area (Å²) in [5, 5.41) is 2.96. The van der Waals surface area contributed by atoms with Crippen molar-refractivity contribution in [1.82, 2.24) is 10.2 Å². The molecule has 0 saturated heterocycles. The first-order chi connectivity index (χ1) is 9.97. The summed E-state index contributed by atoms with van der Waals surface area (Å²) >= 11 is 0. The number of carbonyl (C=O) groups is 1. The van der Waals surface area contributed by atoms with Crippen molar-refractivity contribution in [3.63, 3.8) is 0 Å². The predicted octanol–water partition coefficient (Wildman–Crippen LogP) is 2.13. The van der Waals surface area contributed by atoms with Crippen LogP contribution in [0.5, 0.6) is 0 Å². The Labute approximate surface area is 128 Å². The summed E-state index contributed by atoms with van der Waals surface area (Å²) in [5.74, 6) is -0.150. The van der Waals surface area contributed by atoms with Gasteiger partial charge in [-0.15, -0.1) is 0 Å². The summed E-state index contributed by atoms with van der Waals surface area (Å²) < 4.78 is 0. The van der Waals surface area contributed by atoms with E-state index in [-0.39, 0.29) is 17.9 Å². The molecule has 0 bridgehead atoms. The van der Waals surface area contributed by atoms with Gasteiger partial charge in [0, 0.05) is 25.0 Å². The third kappa shape index (κ3) is 5.86. The molecule has 4 heteroatoms. The maximum absolute atomic E-state index is 11.9. The van der Waals surface area contributed by atoms with E-state index in [1.165, 1.54) is 5.56 Å². The van der Waals surface area contributed by atoms with E-state index in [1.807, 2.05) is 19.9 Å². The highest BCUT2D eigenvalue weighted by Crippen LogP contribution is 2.09. The molecule has 0 aliphatic rings. The SMILES string of the molecule is CCN(CC)Cc1cccc(CNC(=O)C(C)C(C)N)c1. The third-order valence-electron chi connectivity index (χ3n) is 3.96. The largest absolute Gasteiger partial charge is 0.352 e. The molecule has 0 spiro atoms. The van der Waals surface area contributed by atoms with Gasteiger partial charge in [0.25, 0.3) is 0 Å². The number of carbonyl (C=O) groups excluding carboxylic acids is 1. The van der Waals surface area contributed by atoms with E-state index in [0.29, 0.717) is 6.54 Å². The lowest BCUT2D eigenvalue weighted by Gasteiger charge is -2.19. The highest BCUT2D eigenvalue weighted by Gasteiger charge is 2.16. The van der Waals surface area contributed by atoms with Crippen LogP contribution < -0.4 is 11.1 Å². The number of rotatable bonds is 8. The highest BCUT2D eigenvalue weighted by atomic mass is 16.1. The van der Waals surface area contributed by atoms with Crippen molar-refractivity contribution >= 4 is 5.91 Å². The molecule has 118 valence electrons. The average Bonchev–Trinajstić information content (AvgIpc) is 2.49. The lowest BCUT2D eigenvalue weighted by atomic mass is 10.0. The minimum Gasteiger partial charge on any atom is -0.352 e. The van der Waals surface area contributed by atoms with Gasteiger partial charge < -0.3 is 11.1 Å². The summed E-state index contributed by atoms with van der Waals surface area (Å²) in [4.78, 5) is 14.3. The van der Waals surface area contributed by atoms with E-state index >= 15 is 0 Å². The minimum absolute atomic E-state index is 0.0131. The number of nitrogens with one attached hydrogen (secondary N) is 1. The van der Waals surface area contributed by atoms with Crippen molar-refractivity contribution < 1.29 is 4.79 Å². The zero-order chi connectivity index (χ0) is 15.8. The fraction of sp³-hybridized carbons (Fsp3) is 0.588. The Bertz CT molecular complexity index is 441. The van der Waals surface area contributed by atoms with Gasteiger partial charge in [-0.1, -0.05) is 45.0 Å². The standard InChI is InChI=1S/C17H29N3O/c1-5-20(6-2)12-16-9-7-8-15(10-16)11-19-17(21)13(3)14(4)18/h7-10,13-14H,5-6,11-12,18H2,1-4H3,(H,19,21). The maximum Gasteiger partial charge on any atom is 0.224 e. The third-order valence-corrected chi connectivity index (χ3v) is 3.96. The molecule has 2 unspecified atom stereocenters. The molecular weight excluding hydrogens is 262 g/mol. The zero-order valence-corrected chi connectivity index (χ0v) is 13.7. The predicted molar refractivity (Wildman–Crippen MR) is 87.7 cm³/mol. The molecule has 1 aromatic carbocycles. The van der Waals surface area contributed by atoms with Crippen molar-refractivity contribution in [1.29, 1.82) is 0 Å². The number of hydrogen-bond donors (Lipinski definition) is 2. The van der Waals surface area contributed by atoms with Crippen molar-refractivity contribution in [2.45, 2.75) is 46.8 Å². The molecule has 3 N–H and O–H groups in total. The molecule has 1 rings (SSSR count). The summed E-state index contributed by atoms with van der Waals surface area (Å²) in [6, 6.07) is 8.26. The highest BCUT2D eigenvalue weighted by molar-refractivity contribution is 5.78. The van der Waals surface area contributed by atoms with E-state index in [1.54, 1.807) is 0 Å². The van der Waals surface area contributed by atoms with Crippen molar-refractivity contribution in [3.8, 4) is 0 Å². The van der Waals surface area contributed by atoms with Crippen LogP contribution in [0.1, 0.15) is 38.8 Å². The van der Waals surface area contributed by atoms with Gasteiger partial charge >= 0.3 is 0 Å². The Balaban J connectivity index is 2.58. The Morgan fingerprint density at radius 3 is 2.43 bits per heavy atom.